The van der Waals surface area contributed by atoms with Gasteiger partial charge in [0.25, 0.3) is 0 Å². The lowest BCUT2D eigenvalue weighted by molar-refractivity contribution is 0.0340. The summed E-state index contributed by atoms with van der Waals surface area (Å²) in [5.74, 6) is 2.04. The smallest absolute Gasteiger partial charge is 0.176 e. The Morgan fingerprint density at radius 3 is 1.87 bits per heavy atom. The highest BCUT2D eigenvalue weighted by molar-refractivity contribution is 7.12. The van der Waals surface area contributed by atoms with Crippen LogP contribution in [0.3, 0.4) is 0 Å². The molecule has 5 nitrogen and oxygen atoms in total. The maximum absolute atomic E-state index is 5.98. The van der Waals surface area contributed by atoms with E-state index < -0.39 is 0 Å². The van der Waals surface area contributed by atoms with Crippen molar-refractivity contribution in [2.45, 2.75) is 32.4 Å². The van der Waals surface area contributed by atoms with Crippen LogP contribution >= 0.6 is 11.3 Å². The fourth-order valence-corrected chi connectivity index (χ4v) is 4.85. The maximum Gasteiger partial charge on any atom is 0.176 e. The highest BCUT2D eigenvalue weighted by Crippen LogP contribution is 2.45. The van der Waals surface area contributed by atoms with Crippen molar-refractivity contribution < 1.29 is 14.2 Å². The Hall–Kier alpha value is -0.820. The lowest BCUT2D eigenvalue weighted by atomic mass is 10.1. The molecule has 0 unspecified atom stereocenters. The van der Waals surface area contributed by atoms with E-state index in [1.54, 1.807) is 0 Å². The minimum atomic E-state index is 0.670. The zero-order chi connectivity index (χ0) is 15.5. The summed E-state index contributed by atoms with van der Waals surface area (Å²) in [5, 5.41) is 0. The monoisotopic (exact) mass is 338 g/mol. The molecule has 0 N–H and O–H groups in total. The van der Waals surface area contributed by atoms with E-state index in [0.29, 0.717) is 13.2 Å². The van der Waals surface area contributed by atoms with Crippen molar-refractivity contribution in [3.63, 3.8) is 0 Å². The van der Waals surface area contributed by atoms with Crippen molar-refractivity contribution in [1.82, 2.24) is 9.80 Å². The first-order valence-electron chi connectivity index (χ1n) is 8.83. The summed E-state index contributed by atoms with van der Waals surface area (Å²) in [7, 11) is 0. The third kappa shape index (κ3) is 3.65. The molecule has 0 spiro atoms. The van der Waals surface area contributed by atoms with Crippen LogP contribution in [0.2, 0.25) is 0 Å². The van der Waals surface area contributed by atoms with Crippen LogP contribution < -0.4 is 9.47 Å². The number of morpholine rings is 1. The normalized spacial score (nSPS) is 23.1. The molecular formula is C17H26N2O3S. The first-order chi connectivity index (χ1) is 11.4. The molecule has 3 aliphatic rings. The van der Waals surface area contributed by atoms with Gasteiger partial charge in [-0.05, 0) is 25.9 Å². The average molecular weight is 338 g/mol. The quantitative estimate of drug-likeness (QED) is 0.842. The highest BCUT2D eigenvalue weighted by Gasteiger charge is 2.27. The molecule has 1 aromatic heterocycles. The van der Waals surface area contributed by atoms with Crippen molar-refractivity contribution in [2.75, 3.05) is 52.6 Å². The number of ether oxygens (including phenoxy) is 3. The summed E-state index contributed by atoms with van der Waals surface area (Å²) < 4.78 is 17.4. The minimum absolute atomic E-state index is 0.670. The topological polar surface area (TPSA) is 34.2 Å². The third-order valence-electron chi connectivity index (χ3n) is 4.82. The molecule has 0 radical (unpaired) electrons. The number of rotatable bonds is 4. The molecule has 4 rings (SSSR count). The predicted octanol–water partition coefficient (Wildman–Crippen LogP) is 2.34. The van der Waals surface area contributed by atoms with Crippen LogP contribution in [0.25, 0.3) is 0 Å². The zero-order valence-corrected chi connectivity index (χ0v) is 14.5. The molecule has 0 amide bonds. The summed E-state index contributed by atoms with van der Waals surface area (Å²) >= 11 is 1.89. The first-order valence-corrected chi connectivity index (χ1v) is 9.64. The summed E-state index contributed by atoms with van der Waals surface area (Å²) in [6.45, 7) is 9.44. The number of nitrogens with zero attached hydrogens (tertiary/aromatic N) is 2. The zero-order valence-electron chi connectivity index (χ0n) is 13.7. The number of hydrogen-bond donors (Lipinski definition) is 0. The Morgan fingerprint density at radius 2 is 1.26 bits per heavy atom. The number of likely N-dealkylation sites (tertiary alicyclic amines) is 1. The van der Waals surface area contributed by atoms with Crippen LogP contribution in [0.1, 0.15) is 29.0 Å². The Bertz CT molecular complexity index is 478. The van der Waals surface area contributed by atoms with E-state index >= 15 is 0 Å². The van der Waals surface area contributed by atoms with Crippen molar-refractivity contribution in [3.8, 4) is 11.5 Å². The fraction of sp³-hybridized carbons (Fsp3) is 0.765. The molecule has 2 fully saturated rings. The van der Waals surface area contributed by atoms with Crippen molar-refractivity contribution in [2.24, 2.45) is 0 Å². The van der Waals surface area contributed by atoms with Crippen LogP contribution in [0, 0.1) is 0 Å². The SMILES string of the molecule is C1CCN(Cc2sc(CN3CCOCC3)c3c2OCCO3)CC1. The van der Waals surface area contributed by atoms with E-state index in [1.165, 1.54) is 42.1 Å². The number of thiophene rings is 1. The molecule has 1 aromatic rings. The molecule has 128 valence electrons. The Morgan fingerprint density at radius 1 is 0.696 bits per heavy atom. The van der Waals surface area contributed by atoms with E-state index in [-0.39, 0.29) is 0 Å². The summed E-state index contributed by atoms with van der Waals surface area (Å²) in [4.78, 5) is 7.70. The van der Waals surface area contributed by atoms with Gasteiger partial charge in [0, 0.05) is 26.2 Å². The predicted molar refractivity (Wildman–Crippen MR) is 90.5 cm³/mol. The van der Waals surface area contributed by atoms with Gasteiger partial charge in [0.05, 0.1) is 23.0 Å². The molecule has 2 saturated heterocycles. The van der Waals surface area contributed by atoms with Gasteiger partial charge < -0.3 is 14.2 Å². The summed E-state index contributed by atoms with van der Waals surface area (Å²) in [5.41, 5.74) is 0. The van der Waals surface area contributed by atoms with Gasteiger partial charge in [0.2, 0.25) is 0 Å². The van der Waals surface area contributed by atoms with E-state index in [9.17, 15) is 0 Å². The lowest BCUT2D eigenvalue weighted by Gasteiger charge is -2.26. The van der Waals surface area contributed by atoms with Gasteiger partial charge in [-0.3, -0.25) is 9.80 Å². The van der Waals surface area contributed by atoms with E-state index in [4.69, 9.17) is 14.2 Å². The number of piperidine rings is 1. The minimum Gasteiger partial charge on any atom is -0.485 e. The van der Waals surface area contributed by atoms with Crippen LogP contribution in [0.4, 0.5) is 0 Å². The average Bonchev–Trinajstić information content (AvgIpc) is 2.95. The lowest BCUT2D eigenvalue weighted by Crippen LogP contribution is -2.35. The van der Waals surface area contributed by atoms with E-state index in [2.05, 4.69) is 9.80 Å². The van der Waals surface area contributed by atoms with Crippen molar-refractivity contribution >= 4 is 11.3 Å². The second-order valence-corrected chi connectivity index (χ2v) is 7.72. The van der Waals surface area contributed by atoms with Crippen LogP contribution in [0.5, 0.6) is 11.5 Å². The Kier molecular flexibility index (Phi) is 5.04. The van der Waals surface area contributed by atoms with Gasteiger partial charge in [-0.1, -0.05) is 6.42 Å². The van der Waals surface area contributed by atoms with Gasteiger partial charge >= 0.3 is 0 Å². The van der Waals surface area contributed by atoms with Crippen LogP contribution in [-0.2, 0) is 17.8 Å². The van der Waals surface area contributed by atoms with Gasteiger partial charge in [0.1, 0.15) is 13.2 Å². The summed E-state index contributed by atoms with van der Waals surface area (Å²) in [6, 6.07) is 0. The first kappa shape index (κ1) is 15.7. The molecule has 6 heteroatoms. The molecule has 0 saturated carbocycles. The third-order valence-corrected chi connectivity index (χ3v) is 5.94. The van der Waals surface area contributed by atoms with Gasteiger partial charge in [-0.25, -0.2) is 0 Å². The second-order valence-electron chi connectivity index (χ2n) is 6.53. The molecule has 0 atom stereocenters. The number of hydrogen-bond acceptors (Lipinski definition) is 6. The standard InChI is InChI=1S/C17H26N2O3S/c1-2-4-18(5-3-1)12-14-16-17(22-11-10-21-16)15(23-14)13-19-6-8-20-9-7-19/h1-13H2. The van der Waals surface area contributed by atoms with Crippen LogP contribution in [0.15, 0.2) is 0 Å². The van der Waals surface area contributed by atoms with Gasteiger partial charge in [0.15, 0.2) is 11.5 Å². The van der Waals surface area contributed by atoms with Crippen LogP contribution in [-0.4, -0.2) is 62.4 Å². The maximum atomic E-state index is 5.98. The molecular weight excluding hydrogens is 312 g/mol. The molecule has 4 heterocycles. The van der Waals surface area contributed by atoms with Crippen molar-refractivity contribution in [3.05, 3.63) is 9.75 Å². The molecule has 3 aliphatic heterocycles. The van der Waals surface area contributed by atoms with E-state index in [0.717, 1.165) is 50.9 Å². The van der Waals surface area contributed by atoms with Crippen molar-refractivity contribution in [1.29, 1.82) is 0 Å². The fourth-order valence-electron chi connectivity index (χ4n) is 3.57. The Labute approximate surface area is 142 Å². The highest BCUT2D eigenvalue weighted by atomic mass is 32.1. The van der Waals surface area contributed by atoms with Gasteiger partial charge in [-0.15, -0.1) is 11.3 Å². The molecule has 23 heavy (non-hydrogen) atoms. The number of fused-ring (bicyclic) bond motifs is 1. The summed E-state index contributed by atoms with van der Waals surface area (Å²) in [6.07, 6.45) is 4.03. The van der Waals surface area contributed by atoms with E-state index in [1.807, 2.05) is 11.3 Å². The Balaban J connectivity index is 1.51. The molecule has 0 bridgehead atoms. The van der Waals surface area contributed by atoms with Gasteiger partial charge in [-0.2, -0.15) is 0 Å². The largest absolute Gasteiger partial charge is 0.485 e. The molecule has 0 aliphatic carbocycles. The molecule has 0 aromatic carbocycles. The second kappa shape index (κ2) is 7.38.